The molecule has 0 amide bonds. The number of ether oxygens (including phenoxy) is 1. The highest BCUT2D eigenvalue weighted by Gasteiger charge is 2.18. The average molecular weight is 206 g/mol. The standard InChI is InChI=1S/C12H18N2O/c1-3-13-11-6-7-14-12-8-9(15-2)4-5-10(11)12/h4-5,8,11,13-14H,3,6-7H2,1-2H3. The van der Waals surface area contributed by atoms with Crippen molar-refractivity contribution in [2.75, 3.05) is 25.5 Å². The van der Waals surface area contributed by atoms with Crippen LogP contribution >= 0.6 is 0 Å². The van der Waals surface area contributed by atoms with Crippen LogP contribution in [0.5, 0.6) is 5.75 Å². The van der Waals surface area contributed by atoms with Crippen LogP contribution in [0.4, 0.5) is 5.69 Å². The molecule has 1 aromatic rings. The molecule has 0 radical (unpaired) electrons. The molecular formula is C12H18N2O. The minimum Gasteiger partial charge on any atom is -0.497 e. The van der Waals surface area contributed by atoms with Gasteiger partial charge in [0, 0.05) is 24.3 Å². The van der Waals surface area contributed by atoms with Gasteiger partial charge in [-0.1, -0.05) is 13.0 Å². The highest BCUT2D eigenvalue weighted by atomic mass is 16.5. The van der Waals surface area contributed by atoms with Gasteiger partial charge in [0.1, 0.15) is 5.75 Å². The minimum atomic E-state index is 0.483. The Bertz CT molecular complexity index is 338. The zero-order chi connectivity index (χ0) is 10.7. The molecular weight excluding hydrogens is 188 g/mol. The molecule has 0 bridgehead atoms. The Morgan fingerprint density at radius 2 is 2.40 bits per heavy atom. The topological polar surface area (TPSA) is 33.3 Å². The second-order valence-corrected chi connectivity index (χ2v) is 3.78. The average Bonchev–Trinajstić information content (AvgIpc) is 2.29. The van der Waals surface area contributed by atoms with Crippen LogP contribution in [-0.4, -0.2) is 20.2 Å². The summed E-state index contributed by atoms with van der Waals surface area (Å²) in [6.07, 6.45) is 1.15. The van der Waals surface area contributed by atoms with Crippen LogP contribution in [0.2, 0.25) is 0 Å². The first-order valence-electron chi connectivity index (χ1n) is 5.50. The van der Waals surface area contributed by atoms with Crippen molar-refractivity contribution in [3.05, 3.63) is 23.8 Å². The molecule has 82 valence electrons. The second kappa shape index (κ2) is 4.53. The fourth-order valence-electron chi connectivity index (χ4n) is 2.08. The Morgan fingerprint density at radius 1 is 1.53 bits per heavy atom. The van der Waals surface area contributed by atoms with E-state index < -0.39 is 0 Å². The van der Waals surface area contributed by atoms with Crippen molar-refractivity contribution in [1.82, 2.24) is 5.32 Å². The van der Waals surface area contributed by atoms with Crippen molar-refractivity contribution in [2.24, 2.45) is 0 Å². The maximum Gasteiger partial charge on any atom is 0.120 e. The number of rotatable bonds is 3. The molecule has 1 heterocycles. The molecule has 1 atom stereocenters. The molecule has 3 heteroatoms. The molecule has 0 aromatic heterocycles. The molecule has 1 unspecified atom stereocenters. The molecule has 1 aliphatic heterocycles. The van der Waals surface area contributed by atoms with E-state index in [1.165, 1.54) is 11.3 Å². The molecule has 2 rings (SSSR count). The smallest absolute Gasteiger partial charge is 0.120 e. The van der Waals surface area contributed by atoms with Gasteiger partial charge in [0.05, 0.1) is 7.11 Å². The van der Waals surface area contributed by atoms with Crippen LogP contribution in [0, 0.1) is 0 Å². The monoisotopic (exact) mass is 206 g/mol. The normalized spacial score (nSPS) is 19.2. The third kappa shape index (κ3) is 2.07. The van der Waals surface area contributed by atoms with E-state index in [1.54, 1.807) is 7.11 Å². The summed E-state index contributed by atoms with van der Waals surface area (Å²) in [6, 6.07) is 6.72. The van der Waals surface area contributed by atoms with Crippen LogP contribution in [0.15, 0.2) is 18.2 Å². The molecule has 15 heavy (non-hydrogen) atoms. The van der Waals surface area contributed by atoms with Gasteiger partial charge in [-0.15, -0.1) is 0 Å². The van der Waals surface area contributed by atoms with Gasteiger partial charge < -0.3 is 15.4 Å². The second-order valence-electron chi connectivity index (χ2n) is 3.78. The van der Waals surface area contributed by atoms with E-state index in [2.05, 4.69) is 29.7 Å². The summed E-state index contributed by atoms with van der Waals surface area (Å²) in [5, 5.41) is 6.90. The molecule has 3 nitrogen and oxygen atoms in total. The Balaban J connectivity index is 2.28. The van der Waals surface area contributed by atoms with Gasteiger partial charge in [-0.2, -0.15) is 0 Å². The van der Waals surface area contributed by atoms with Crippen LogP contribution < -0.4 is 15.4 Å². The quantitative estimate of drug-likeness (QED) is 0.795. The Morgan fingerprint density at radius 3 is 3.13 bits per heavy atom. The lowest BCUT2D eigenvalue weighted by atomic mass is 9.98. The van der Waals surface area contributed by atoms with Crippen molar-refractivity contribution in [1.29, 1.82) is 0 Å². The summed E-state index contributed by atoms with van der Waals surface area (Å²) < 4.78 is 5.22. The predicted octanol–water partition coefficient (Wildman–Crippen LogP) is 2.16. The third-order valence-electron chi connectivity index (χ3n) is 2.83. The molecule has 2 N–H and O–H groups in total. The lowest BCUT2D eigenvalue weighted by Crippen LogP contribution is -2.27. The minimum absolute atomic E-state index is 0.483. The fourth-order valence-corrected chi connectivity index (χ4v) is 2.08. The van der Waals surface area contributed by atoms with E-state index in [-0.39, 0.29) is 0 Å². The van der Waals surface area contributed by atoms with Crippen LogP contribution in [-0.2, 0) is 0 Å². The number of anilines is 1. The highest BCUT2D eigenvalue weighted by molar-refractivity contribution is 5.58. The maximum atomic E-state index is 5.22. The van der Waals surface area contributed by atoms with Crippen molar-refractivity contribution in [2.45, 2.75) is 19.4 Å². The zero-order valence-electron chi connectivity index (χ0n) is 9.34. The maximum absolute atomic E-state index is 5.22. The van der Waals surface area contributed by atoms with Gasteiger partial charge in [-0.25, -0.2) is 0 Å². The van der Waals surface area contributed by atoms with Gasteiger partial charge in [-0.3, -0.25) is 0 Å². The van der Waals surface area contributed by atoms with E-state index in [0.717, 1.165) is 25.3 Å². The van der Waals surface area contributed by atoms with Crippen LogP contribution in [0.3, 0.4) is 0 Å². The summed E-state index contributed by atoms with van der Waals surface area (Å²) >= 11 is 0. The number of hydrogen-bond acceptors (Lipinski definition) is 3. The fraction of sp³-hybridized carbons (Fsp3) is 0.500. The Labute approximate surface area is 90.8 Å². The molecule has 0 spiro atoms. The molecule has 1 aromatic carbocycles. The van der Waals surface area contributed by atoms with Crippen molar-refractivity contribution < 1.29 is 4.74 Å². The number of fused-ring (bicyclic) bond motifs is 1. The van der Waals surface area contributed by atoms with Crippen molar-refractivity contribution in [3.8, 4) is 5.75 Å². The molecule has 0 saturated carbocycles. The van der Waals surface area contributed by atoms with Gasteiger partial charge in [0.25, 0.3) is 0 Å². The molecule has 0 fully saturated rings. The van der Waals surface area contributed by atoms with Gasteiger partial charge in [0.15, 0.2) is 0 Å². The lowest BCUT2D eigenvalue weighted by Gasteiger charge is -2.27. The first-order valence-corrected chi connectivity index (χ1v) is 5.50. The van der Waals surface area contributed by atoms with Gasteiger partial charge >= 0.3 is 0 Å². The summed E-state index contributed by atoms with van der Waals surface area (Å²) in [6.45, 7) is 4.18. The number of benzene rings is 1. The summed E-state index contributed by atoms with van der Waals surface area (Å²) in [4.78, 5) is 0. The predicted molar refractivity (Wildman–Crippen MR) is 62.5 cm³/mol. The van der Waals surface area contributed by atoms with Crippen molar-refractivity contribution in [3.63, 3.8) is 0 Å². The molecule has 1 aliphatic rings. The summed E-state index contributed by atoms with van der Waals surface area (Å²) in [7, 11) is 1.70. The number of methoxy groups -OCH3 is 1. The summed E-state index contributed by atoms with van der Waals surface area (Å²) in [5.41, 5.74) is 2.55. The lowest BCUT2D eigenvalue weighted by molar-refractivity contribution is 0.414. The SMILES string of the molecule is CCNC1CCNc2cc(OC)ccc21. The van der Waals surface area contributed by atoms with E-state index >= 15 is 0 Å². The Kier molecular flexibility index (Phi) is 3.11. The van der Waals surface area contributed by atoms with Gasteiger partial charge in [0.2, 0.25) is 0 Å². The van der Waals surface area contributed by atoms with Crippen LogP contribution in [0.1, 0.15) is 24.9 Å². The molecule has 0 aliphatic carbocycles. The Hall–Kier alpha value is -1.22. The van der Waals surface area contributed by atoms with E-state index in [9.17, 15) is 0 Å². The molecule has 0 saturated heterocycles. The number of hydrogen-bond donors (Lipinski definition) is 2. The highest BCUT2D eigenvalue weighted by Crippen LogP contribution is 2.32. The van der Waals surface area contributed by atoms with E-state index in [4.69, 9.17) is 4.74 Å². The number of nitrogens with one attached hydrogen (secondary N) is 2. The first-order chi connectivity index (χ1) is 7.35. The first kappa shape index (κ1) is 10.3. The largest absolute Gasteiger partial charge is 0.497 e. The summed E-state index contributed by atoms with van der Waals surface area (Å²) in [5.74, 6) is 0.915. The van der Waals surface area contributed by atoms with Crippen molar-refractivity contribution >= 4 is 5.69 Å². The van der Waals surface area contributed by atoms with E-state index in [1.807, 2.05) is 6.07 Å². The zero-order valence-corrected chi connectivity index (χ0v) is 9.34. The van der Waals surface area contributed by atoms with Gasteiger partial charge in [-0.05, 0) is 24.6 Å². The van der Waals surface area contributed by atoms with E-state index in [0.29, 0.717) is 6.04 Å². The third-order valence-corrected chi connectivity index (χ3v) is 2.83. The van der Waals surface area contributed by atoms with Crippen LogP contribution in [0.25, 0.3) is 0 Å².